The second-order valence-electron chi connectivity index (χ2n) is 6.59. The predicted molar refractivity (Wildman–Crippen MR) is 120 cm³/mol. The van der Waals surface area contributed by atoms with Crippen LogP contribution in [0.15, 0.2) is 29.3 Å². The van der Waals surface area contributed by atoms with Crippen molar-refractivity contribution in [1.82, 2.24) is 10.2 Å². The van der Waals surface area contributed by atoms with Gasteiger partial charge in [-0.3, -0.25) is 4.99 Å². The highest BCUT2D eigenvalue weighted by Gasteiger charge is 2.24. The van der Waals surface area contributed by atoms with Crippen LogP contribution in [0.5, 0.6) is 5.75 Å². The number of nitrogens with zero attached hydrogens (tertiary/aromatic N) is 2. The molecule has 2 rings (SSSR count). The number of aliphatic imine (C=N–C) groups is 1. The van der Waals surface area contributed by atoms with Crippen molar-refractivity contribution in [3.05, 3.63) is 29.8 Å². The van der Waals surface area contributed by atoms with Crippen molar-refractivity contribution >= 4 is 29.9 Å². The summed E-state index contributed by atoms with van der Waals surface area (Å²) < 4.78 is 15.9. The highest BCUT2D eigenvalue weighted by molar-refractivity contribution is 14.0. The lowest BCUT2D eigenvalue weighted by atomic mass is 10.1. The Kier molecular flexibility index (Phi) is 12.4. The fraction of sp³-hybridized carbons (Fsp3) is 0.650. The molecule has 0 amide bonds. The third-order valence-corrected chi connectivity index (χ3v) is 4.67. The van der Waals surface area contributed by atoms with Crippen LogP contribution in [-0.2, 0) is 15.9 Å². The first-order valence-corrected chi connectivity index (χ1v) is 9.42. The fourth-order valence-electron chi connectivity index (χ4n) is 3.17. The first kappa shape index (κ1) is 24.0. The first-order chi connectivity index (χ1) is 12.8. The van der Waals surface area contributed by atoms with E-state index in [0.717, 1.165) is 57.2 Å². The number of aryl methyl sites for hydroxylation is 1. The van der Waals surface area contributed by atoms with Crippen molar-refractivity contribution in [3.8, 4) is 5.75 Å². The van der Waals surface area contributed by atoms with Gasteiger partial charge in [-0.05, 0) is 37.0 Å². The molecule has 1 unspecified atom stereocenters. The lowest BCUT2D eigenvalue weighted by Gasteiger charge is -2.21. The van der Waals surface area contributed by atoms with Crippen molar-refractivity contribution in [3.63, 3.8) is 0 Å². The van der Waals surface area contributed by atoms with E-state index in [1.165, 1.54) is 5.56 Å². The van der Waals surface area contributed by atoms with Crippen LogP contribution in [0.1, 0.15) is 18.4 Å². The van der Waals surface area contributed by atoms with Gasteiger partial charge in [0.2, 0.25) is 0 Å². The number of methoxy groups -OCH3 is 2. The van der Waals surface area contributed by atoms with Gasteiger partial charge in [0.15, 0.2) is 5.96 Å². The van der Waals surface area contributed by atoms with Gasteiger partial charge in [-0.15, -0.1) is 24.0 Å². The Morgan fingerprint density at radius 1 is 1.22 bits per heavy atom. The van der Waals surface area contributed by atoms with Crippen LogP contribution in [0, 0.1) is 5.92 Å². The SMILES string of the molecule is CN=C(NCCCc1ccc(OC)cc1)N1CCC(COCCOC)C1.I. The van der Waals surface area contributed by atoms with Crippen LogP contribution in [0.4, 0.5) is 0 Å². The number of benzene rings is 1. The number of likely N-dealkylation sites (tertiary alicyclic amines) is 1. The van der Waals surface area contributed by atoms with Gasteiger partial charge in [-0.25, -0.2) is 0 Å². The Balaban J connectivity index is 0.00000364. The maximum absolute atomic E-state index is 5.66. The van der Waals surface area contributed by atoms with E-state index in [4.69, 9.17) is 14.2 Å². The molecular weight excluding hydrogens is 457 g/mol. The molecule has 1 heterocycles. The Labute approximate surface area is 180 Å². The first-order valence-electron chi connectivity index (χ1n) is 9.42. The van der Waals surface area contributed by atoms with E-state index >= 15 is 0 Å². The standard InChI is InChI=1S/C20H33N3O3.HI/c1-21-20(23-12-10-18(15-23)16-26-14-13-24-2)22-11-4-5-17-6-8-19(25-3)9-7-17;/h6-9,18H,4-5,10-16H2,1-3H3,(H,21,22);1H. The zero-order valence-electron chi connectivity index (χ0n) is 16.8. The van der Waals surface area contributed by atoms with E-state index in [1.807, 2.05) is 19.2 Å². The third kappa shape index (κ3) is 8.66. The van der Waals surface area contributed by atoms with E-state index < -0.39 is 0 Å². The molecule has 1 aromatic rings. The average molecular weight is 491 g/mol. The minimum absolute atomic E-state index is 0. The number of hydrogen-bond donors (Lipinski definition) is 1. The summed E-state index contributed by atoms with van der Waals surface area (Å²) in [6, 6.07) is 8.28. The lowest BCUT2D eigenvalue weighted by Crippen LogP contribution is -2.40. The van der Waals surface area contributed by atoms with E-state index in [0.29, 0.717) is 19.1 Å². The van der Waals surface area contributed by atoms with Gasteiger partial charge in [-0.2, -0.15) is 0 Å². The van der Waals surface area contributed by atoms with Crippen LogP contribution in [0.3, 0.4) is 0 Å². The molecule has 1 saturated heterocycles. The lowest BCUT2D eigenvalue weighted by molar-refractivity contribution is 0.0536. The average Bonchev–Trinajstić information content (AvgIpc) is 3.14. The summed E-state index contributed by atoms with van der Waals surface area (Å²) in [6.45, 7) is 5.10. The largest absolute Gasteiger partial charge is 0.497 e. The summed E-state index contributed by atoms with van der Waals surface area (Å²) in [7, 11) is 5.25. The fourth-order valence-corrected chi connectivity index (χ4v) is 3.17. The number of halogens is 1. The summed E-state index contributed by atoms with van der Waals surface area (Å²) in [5.74, 6) is 2.48. The van der Waals surface area contributed by atoms with Gasteiger partial charge >= 0.3 is 0 Å². The molecule has 1 aliphatic heterocycles. The van der Waals surface area contributed by atoms with Gasteiger partial charge in [0.25, 0.3) is 0 Å². The molecule has 0 spiro atoms. The van der Waals surface area contributed by atoms with Crippen LogP contribution >= 0.6 is 24.0 Å². The van der Waals surface area contributed by atoms with Crippen LogP contribution in [0.2, 0.25) is 0 Å². The number of hydrogen-bond acceptors (Lipinski definition) is 4. The minimum Gasteiger partial charge on any atom is -0.497 e. The quantitative estimate of drug-likeness (QED) is 0.236. The zero-order valence-corrected chi connectivity index (χ0v) is 19.1. The smallest absolute Gasteiger partial charge is 0.193 e. The molecule has 27 heavy (non-hydrogen) atoms. The molecule has 0 bridgehead atoms. The molecule has 0 aliphatic carbocycles. The summed E-state index contributed by atoms with van der Waals surface area (Å²) in [5, 5.41) is 3.49. The predicted octanol–water partition coefficient (Wildman–Crippen LogP) is 2.81. The Morgan fingerprint density at radius 3 is 2.67 bits per heavy atom. The summed E-state index contributed by atoms with van der Waals surface area (Å²) in [4.78, 5) is 6.77. The molecule has 0 saturated carbocycles. The second kappa shape index (κ2) is 14.0. The molecule has 1 fully saturated rings. The summed E-state index contributed by atoms with van der Waals surface area (Å²) >= 11 is 0. The van der Waals surface area contributed by atoms with Crippen molar-refractivity contribution < 1.29 is 14.2 Å². The number of rotatable bonds is 10. The highest BCUT2D eigenvalue weighted by atomic mass is 127. The summed E-state index contributed by atoms with van der Waals surface area (Å²) in [6.07, 6.45) is 3.27. The molecule has 1 aliphatic rings. The molecule has 1 atom stereocenters. The molecule has 1 aromatic carbocycles. The van der Waals surface area contributed by atoms with Crippen molar-refractivity contribution in [2.45, 2.75) is 19.3 Å². The molecule has 1 N–H and O–H groups in total. The summed E-state index contributed by atoms with van der Waals surface area (Å²) in [5.41, 5.74) is 1.33. The Hall–Kier alpha value is -1.06. The van der Waals surface area contributed by atoms with E-state index in [2.05, 4.69) is 27.3 Å². The van der Waals surface area contributed by atoms with Gasteiger partial charge < -0.3 is 24.4 Å². The second-order valence-corrected chi connectivity index (χ2v) is 6.59. The maximum atomic E-state index is 5.66. The number of guanidine groups is 1. The molecular formula is C20H34IN3O3. The van der Waals surface area contributed by atoms with Gasteiger partial charge in [0, 0.05) is 39.7 Å². The minimum atomic E-state index is 0. The Bertz CT molecular complexity index is 540. The normalized spacial score (nSPS) is 16.9. The van der Waals surface area contributed by atoms with Gasteiger partial charge in [0.05, 0.1) is 26.9 Å². The van der Waals surface area contributed by atoms with Crippen LogP contribution in [-0.4, -0.2) is 71.6 Å². The van der Waals surface area contributed by atoms with E-state index in [9.17, 15) is 0 Å². The maximum Gasteiger partial charge on any atom is 0.193 e. The zero-order chi connectivity index (χ0) is 18.6. The molecule has 154 valence electrons. The topological polar surface area (TPSA) is 55.3 Å². The van der Waals surface area contributed by atoms with Gasteiger partial charge in [-0.1, -0.05) is 12.1 Å². The molecule has 0 aromatic heterocycles. The van der Waals surface area contributed by atoms with Crippen molar-refractivity contribution in [2.75, 3.05) is 60.7 Å². The van der Waals surface area contributed by atoms with Crippen LogP contribution < -0.4 is 10.1 Å². The molecule has 0 radical (unpaired) electrons. The number of ether oxygens (including phenoxy) is 3. The number of nitrogens with one attached hydrogen (secondary N) is 1. The van der Waals surface area contributed by atoms with E-state index in [1.54, 1.807) is 14.2 Å². The van der Waals surface area contributed by atoms with Crippen LogP contribution in [0.25, 0.3) is 0 Å². The van der Waals surface area contributed by atoms with Crippen molar-refractivity contribution in [2.24, 2.45) is 10.9 Å². The van der Waals surface area contributed by atoms with E-state index in [-0.39, 0.29) is 24.0 Å². The molecule has 7 heteroatoms. The van der Waals surface area contributed by atoms with Gasteiger partial charge in [0.1, 0.15) is 5.75 Å². The monoisotopic (exact) mass is 491 g/mol. The highest BCUT2D eigenvalue weighted by Crippen LogP contribution is 2.17. The molecule has 6 nitrogen and oxygen atoms in total. The third-order valence-electron chi connectivity index (χ3n) is 4.67. The Morgan fingerprint density at radius 2 is 2.00 bits per heavy atom. The van der Waals surface area contributed by atoms with Crippen molar-refractivity contribution in [1.29, 1.82) is 0 Å².